The molecule has 1 aliphatic carbocycles. The maximum Gasteiger partial charge on any atom is 0.524 e. The molecule has 0 heterocycles. The molecule has 27 heavy (non-hydrogen) atoms. The van der Waals surface area contributed by atoms with Crippen LogP contribution in [0.5, 0.6) is 5.75 Å². The van der Waals surface area contributed by atoms with Crippen molar-refractivity contribution in [2.75, 3.05) is 6.54 Å². The highest BCUT2D eigenvalue weighted by atomic mass is 35.5. The molecule has 1 aliphatic rings. The lowest BCUT2D eigenvalue weighted by Gasteiger charge is -2.32. The van der Waals surface area contributed by atoms with Crippen LogP contribution in [0.25, 0.3) is 0 Å². The molecule has 0 saturated heterocycles. The second kappa shape index (κ2) is 8.84. The molecule has 0 bridgehead atoms. The number of halogens is 2. The van der Waals surface area contributed by atoms with Gasteiger partial charge in [-0.3, -0.25) is 20.0 Å². The van der Waals surface area contributed by atoms with Gasteiger partial charge in [0.25, 0.3) is 5.91 Å². The van der Waals surface area contributed by atoms with Crippen LogP contribution in [0, 0.1) is 17.1 Å². The molecule has 1 aromatic rings. The van der Waals surface area contributed by atoms with Crippen LogP contribution in [-0.2, 0) is 15.9 Å². The van der Waals surface area contributed by atoms with Crippen molar-refractivity contribution < 1.29 is 28.1 Å². The molecule has 0 spiro atoms. The Morgan fingerprint density at radius 2 is 2.15 bits per heavy atom. The fraction of sp³-hybridized carbons (Fsp3) is 0.375. The Morgan fingerprint density at radius 1 is 1.48 bits per heavy atom. The van der Waals surface area contributed by atoms with Crippen molar-refractivity contribution >= 4 is 30.5 Å². The summed E-state index contributed by atoms with van der Waals surface area (Å²) < 4.78 is 29.5. The summed E-state index contributed by atoms with van der Waals surface area (Å²) in [6, 6.07) is 3.33. The lowest BCUT2D eigenvalue weighted by Crippen LogP contribution is -2.39. The summed E-state index contributed by atoms with van der Waals surface area (Å²) in [6.07, 6.45) is 3.99. The lowest BCUT2D eigenvalue weighted by molar-refractivity contribution is -0.128. The summed E-state index contributed by atoms with van der Waals surface area (Å²) in [5.74, 6) is -1.38. The van der Waals surface area contributed by atoms with Crippen molar-refractivity contribution in [1.82, 2.24) is 4.90 Å². The monoisotopic (exact) mass is 419 g/mol. The maximum absolute atomic E-state index is 14.3. The largest absolute Gasteiger partial charge is 0.524 e. The van der Waals surface area contributed by atoms with Crippen molar-refractivity contribution in [2.45, 2.75) is 25.8 Å². The van der Waals surface area contributed by atoms with Crippen LogP contribution >= 0.6 is 19.4 Å². The number of allylic oxidation sites excluding steroid dienone is 1. The number of phosphoric acid groups is 1. The van der Waals surface area contributed by atoms with E-state index >= 15 is 0 Å². The molecule has 0 unspecified atom stereocenters. The second-order valence-electron chi connectivity index (χ2n) is 6.27. The smallest absolute Gasteiger partial charge is 0.404 e. The third-order valence-electron chi connectivity index (χ3n) is 4.13. The van der Waals surface area contributed by atoms with Crippen LogP contribution < -0.4 is 10.3 Å². The minimum atomic E-state index is -4.80. The highest BCUT2D eigenvalue weighted by Gasteiger charge is 2.26. The average Bonchev–Trinajstić information content (AvgIpc) is 2.48. The van der Waals surface area contributed by atoms with Gasteiger partial charge < -0.3 is 15.2 Å². The Morgan fingerprint density at radius 3 is 2.63 bits per heavy atom. The fourth-order valence-corrected chi connectivity index (χ4v) is 3.15. The Bertz CT molecular complexity index is 809. The van der Waals surface area contributed by atoms with E-state index < -0.39 is 24.7 Å². The fourth-order valence-electron chi connectivity index (χ4n) is 2.64. The highest BCUT2D eigenvalue weighted by Crippen LogP contribution is 2.38. The van der Waals surface area contributed by atoms with Crippen LogP contribution in [0.3, 0.4) is 0 Å². The quantitative estimate of drug-likeness (QED) is 0.290. The van der Waals surface area contributed by atoms with Crippen molar-refractivity contribution in [2.24, 2.45) is 11.7 Å². The number of hydrogen-bond acceptors (Lipinski definition) is 5. The minimum Gasteiger partial charge on any atom is -0.404 e. The number of nitrogens with one attached hydrogen (secondary N) is 1. The number of nitrogens with zero attached hydrogens (tertiary/aromatic N) is 1. The summed E-state index contributed by atoms with van der Waals surface area (Å²) in [5.41, 5.74) is 5.59. The first kappa shape index (κ1) is 21.4. The van der Waals surface area contributed by atoms with Gasteiger partial charge in [0, 0.05) is 30.8 Å². The zero-order valence-electron chi connectivity index (χ0n) is 14.3. The number of carbonyl (C=O) groups is 1. The van der Waals surface area contributed by atoms with E-state index in [1.54, 1.807) is 0 Å². The van der Waals surface area contributed by atoms with Crippen LogP contribution in [0.15, 0.2) is 30.0 Å². The maximum atomic E-state index is 14.3. The third kappa shape index (κ3) is 6.62. The number of benzene rings is 1. The van der Waals surface area contributed by atoms with Gasteiger partial charge in [0.15, 0.2) is 0 Å². The molecule has 0 radical (unpaired) electrons. The number of carbonyl (C=O) groups excluding carboxylic acids is 1. The SMILES string of the molecule is N=C(Cl)/C=C(\N)C(=O)N(Cc1ccc(OP(=O)(O)O)cc1F)CC1CCC1. The van der Waals surface area contributed by atoms with E-state index in [2.05, 4.69) is 4.52 Å². The third-order valence-corrected chi connectivity index (χ3v) is 4.69. The molecule has 0 atom stereocenters. The van der Waals surface area contributed by atoms with Gasteiger partial charge in [-0.15, -0.1) is 0 Å². The summed E-state index contributed by atoms with van der Waals surface area (Å²) in [6.45, 7) is 0.282. The van der Waals surface area contributed by atoms with Crippen LogP contribution in [0.4, 0.5) is 4.39 Å². The molecule has 2 rings (SSSR count). The van der Waals surface area contributed by atoms with E-state index in [-0.39, 0.29) is 29.5 Å². The van der Waals surface area contributed by atoms with Crippen molar-refractivity contribution in [3.63, 3.8) is 0 Å². The predicted molar refractivity (Wildman–Crippen MR) is 97.7 cm³/mol. The molecular weight excluding hydrogens is 400 g/mol. The molecule has 1 saturated carbocycles. The van der Waals surface area contributed by atoms with Crippen molar-refractivity contribution in [3.05, 3.63) is 41.4 Å². The van der Waals surface area contributed by atoms with Crippen molar-refractivity contribution in [1.29, 1.82) is 5.41 Å². The molecular formula is C16H20ClFN3O5P. The van der Waals surface area contributed by atoms with Crippen LogP contribution in [-0.4, -0.2) is 32.3 Å². The number of hydrogen-bond donors (Lipinski definition) is 4. The molecule has 1 aromatic carbocycles. The average molecular weight is 420 g/mol. The molecule has 1 amide bonds. The first-order valence-corrected chi connectivity index (χ1v) is 10.00. The van der Waals surface area contributed by atoms with Gasteiger partial charge in [0.2, 0.25) is 0 Å². The molecule has 5 N–H and O–H groups in total. The summed E-state index contributed by atoms with van der Waals surface area (Å²) in [7, 11) is -4.80. The molecule has 0 aromatic heterocycles. The molecule has 8 nitrogen and oxygen atoms in total. The molecule has 0 aliphatic heterocycles. The Balaban J connectivity index is 2.20. The molecule has 148 valence electrons. The van der Waals surface area contributed by atoms with Gasteiger partial charge in [-0.2, -0.15) is 0 Å². The number of rotatable bonds is 8. The van der Waals surface area contributed by atoms with E-state index in [4.69, 9.17) is 32.5 Å². The van der Waals surface area contributed by atoms with Gasteiger partial charge in [-0.05, 0) is 24.8 Å². The standard InChI is InChI=1S/C16H20ClFN3O5P/c17-15(20)7-14(19)16(22)21(8-10-2-1-3-10)9-11-4-5-12(6-13(11)18)26-27(23,24)25/h4-7,10,20H,1-3,8-9,19H2,(H2,23,24,25)/b14-7-,20-15?. The number of nitrogens with two attached hydrogens (primary N) is 1. The number of amides is 1. The zero-order chi connectivity index (χ0) is 20.2. The van der Waals surface area contributed by atoms with Gasteiger partial charge >= 0.3 is 7.82 Å². The van der Waals surface area contributed by atoms with Gasteiger partial charge in [-0.1, -0.05) is 24.1 Å². The second-order valence-corrected chi connectivity index (χ2v) is 7.84. The summed E-state index contributed by atoms with van der Waals surface area (Å²) >= 11 is 5.44. The summed E-state index contributed by atoms with van der Waals surface area (Å²) in [5, 5.41) is 6.81. The van der Waals surface area contributed by atoms with Gasteiger partial charge in [0.1, 0.15) is 22.4 Å². The van der Waals surface area contributed by atoms with E-state index in [9.17, 15) is 13.8 Å². The van der Waals surface area contributed by atoms with E-state index in [0.717, 1.165) is 31.4 Å². The number of phosphoric ester groups is 1. The first-order chi connectivity index (χ1) is 12.5. The normalized spacial score (nSPS) is 15.2. The Hall–Kier alpha value is -1.93. The Labute approximate surface area is 160 Å². The Kier molecular flexibility index (Phi) is 7.00. The summed E-state index contributed by atoms with van der Waals surface area (Å²) in [4.78, 5) is 31.5. The zero-order valence-corrected chi connectivity index (χ0v) is 15.9. The van der Waals surface area contributed by atoms with E-state index in [1.165, 1.54) is 17.0 Å². The first-order valence-electron chi connectivity index (χ1n) is 8.09. The lowest BCUT2D eigenvalue weighted by atomic mass is 9.85. The van der Waals surface area contributed by atoms with Crippen LogP contribution in [0.2, 0.25) is 0 Å². The van der Waals surface area contributed by atoms with Crippen LogP contribution in [0.1, 0.15) is 24.8 Å². The molecule has 1 fully saturated rings. The van der Waals surface area contributed by atoms with Gasteiger partial charge in [0.05, 0.1) is 0 Å². The van der Waals surface area contributed by atoms with Gasteiger partial charge in [-0.25, -0.2) is 8.96 Å². The predicted octanol–water partition coefficient (Wildman–Crippen LogP) is 2.48. The van der Waals surface area contributed by atoms with E-state index in [1.807, 2.05) is 0 Å². The van der Waals surface area contributed by atoms with E-state index in [0.29, 0.717) is 6.54 Å². The topological polar surface area (TPSA) is 137 Å². The molecule has 11 heteroatoms. The highest BCUT2D eigenvalue weighted by molar-refractivity contribution is 7.46. The van der Waals surface area contributed by atoms with Crippen molar-refractivity contribution in [3.8, 4) is 5.75 Å². The minimum absolute atomic E-state index is 0.0957.